The number of aliphatic hydroxyl groups is 1. The second kappa shape index (κ2) is 8.55. The monoisotopic (exact) mass is 452 g/mol. The smallest absolute Gasteiger partial charge is 0.301 e. The lowest BCUT2D eigenvalue weighted by molar-refractivity contribution is -0.132. The third-order valence-corrected chi connectivity index (χ3v) is 6.36. The highest BCUT2D eigenvalue weighted by Crippen LogP contribution is 2.43. The molecule has 0 aliphatic carbocycles. The van der Waals surface area contributed by atoms with Gasteiger partial charge in [0.05, 0.1) is 23.9 Å². The van der Waals surface area contributed by atoms with E-state index in [2.05, 4.69) is 4.98 Å². The molecule has 3 aromatic rings. The van der Waals surface area contributed by atoms with E-state index >= 15 is 0 Å². The Bertz CT molecular complexity index is 1200. The van der Waals surface area contributed by atoms with Crippen LogP contribution in [0, 0.1) is 19.7 Å². The molecule has 1 aliphatic heterocycles. The number of aryl methyl sites for hydroxylation is 2. The summed E-state index contributed by atoms with van der Waals surface area (Å²) in [4.78, 5) is 32.8. The maximum absolute atomic E-state index is 13.6. The van der Waals surface area contributed by atoms with E-state index in [0.717, 1.165) is 10.6 Å². The van der Waals surface area contributed by atoms with Crippen LogP contribution < -0.4 is 9.64 Å². The van der Waals surface area contributed by atoms with Crippen molar-refractivity contribution in [1.29, 1.82) is 0 Å². The third-order valence-electron chi connectivity index (χ3n) is 5.29. The Morgan fingerprint density at radius 2 is 1.78 bits per heavy atom. The molecule has 2 aromatic carbocycles. The van der Waals surface area contributed by atoms with Crippen LogP contribution >= 0.6 is 11.3 Å². The molecule has 2 heterocycles. The number of halogens is 1. The van der Waals surface area contributed by atoms with Gasteiger partial charge in [0, 0.05) is 10.4 Å². The largest absolute Gasteiger partial charge is 0.507 e. The van der Waals surface area contributed by atoms with E-state index in [0.29, 0.717) is 28.6 Å². The SMILES string of the molecule is CCOc1ccc(C(O)=C2C(=O)C(=O)N(c3nc(C)c(C)s3)[C@@H]2c2ccc(F)cc2)cc1. The number of hydrogen-bond acceptors (Lipinski definition) is 6. The molecule has 0 saturated carbocycles. The Kier molecular flexibility index (Phi) is 5.80. The molecule has 1 atom stereocenters. The molecular formula is C24H21FN2O4S. The van der Waals surface area contributed by atoms with Crippen LogP contribution in [0.2, 0.25) is 0 Å². The molecule has 0 unspecified atom stereocenters. The number of nitrogens with zero attached hydrogens (tertiary/aromatic N) is 2. The average Bonchev–Trinajstić information content (AvgIpc) is 3.24. The van der Waals surface area contributed by atoms with E-state index < -0.39 is 23.5 Å². The molecule has 164 valence electrons. The summed E-state index contributed by atoms with van der Waals surface area (Å²) in [6.07, 6.45) is 0. The normalized spacial score (nSPS) is 17.8. The number of hydrogen-bond donors (Lipinski definition) is 1. The number of Topliss-reactive ketones (excluding diaryl/α,β-unsaturated/α-hetero) is 1. The molecule has 0 spiro atoms. The zero-order valence-corrected chi connectivity index (χ0v) is 18.6. The summed E-state index contributed by atoms with van der Waals surface area (Å²) in [6, 6.07) is 11.2. The van der Waals surface area contributed by atoms with Crippen molar-refractivity contribution in [2.75, 3.05) is 11.5 Å². The number of anilines is 1. The van der Waals surface area contributed by atoms with E-state index in [1.165, 1.54) is 40.5 Å². The van der Waals surface area contributed by atoms with Crippen molar-refractivity contribution in [2.45, 2.75) is 26.8 Å². The second-order valence-electron chi connectivity index (χ2n) is 7.32. The maximum atomic E-state index is 13.6. The number of benzene rings is 2. The average molecular weight is 453 g/mol. The highest BCUT2D eigenvalue weighted by molar-refractivity contribution is 7.16. The predicted molar refractivity (Wildman–Crippen MR) is 120 cm³/mol. The van der Waals surface area contributed by atoms with Gasteiger partial charge in [0.2, 0.25) is 0 Å². The first-order valence-corrected chi connectivity index (χ1v) is 10.9. The topological polar surface area (TPSA) is 79.7 Å². The summed E-state index contributed by atoms with van der Waals surface area (Å²) in [5.74, 6) is -1.75. The van der Waals surface area contributed by atoms with Crippen LogP contribution in [-0.2, 0) is 9.59 Å². The van der Waals surface area contributed by atoms with Crippen molar-refractivity contribution in [3.63, 3.8) is 0 Å². The van der Waals surface area contributed by atoms with Gasteiger partial charge >= 0.3 is 5.91 Å². The molecule has 1 saturated heterocycles. The molecule has 4 rings (SSSR count). The standard InChI is InChI=1S/C24H21FN2O4S/c1-4-31-18-11-7-16(8-12-18)21(28)19-20(15-5-9-17(25)10-6-15)27(23(30)22(19)29)24-26-13(2)14(3)32-24/h5-12,20,28H,4H2,1-3H3/t20-/m1/s1. The van der Waals surface area contributed by atoms with E-state index in [1.807, 2.05) is 20.8 Å². The van der Waals surface area contributed by atoms with Gasteiger partial charge in [-0.05, 0) is 62.7 Å². The van der Waals surface area contributed by atoms with Crippen molar-refractivity contribution in [3.8, 4) is 5.75 Å². The molecule has 1 N–H and O–H groups in total. The number of carbonyl (C=O) groups is 2. The molecule has 1 amide bonds. The van der Waals surface area contributed by atoms with Crippen molar-refractivity contribution in [2.24, 2.45) is 0 Å². The molecule has 1 aliphatic rings. The van der Waals surface area contributed by atoms with E-state index in [1.54, 1.807) is 24.3 Å². The van der Waals surface area contributed by atoms with Crippen LogP contribution in [-0.4, -0.2) is 28.4 Å². The highest BCUT2D eigenvalue weighted by Gasteiger charge is 2.48. The number of ketones is 1. The van der Waals surface area contributed by atoms with Crippen LogP contribution in [0.15, 0.2) is 54.1 Å². The van der Waals surface area contributed by atoms with Gasteiger partial charge in [-0.25, -0.2) is 9.37 Å². The molecule has 32 heavy (non-hydrogen) atoms. The minimum absolute atomic E-state index is 0.0729. The Hall–Kier alpha value is -3.52. The number of thiazole rings is 1. The summed E-state index contributed by atoms with van der Waals surface area (Å²) >= 11 is 1.28. The first kappa shape index (κ1) is 21.7. The Balaban J connectivity index is 1.89. The fourth-order valence-corrected chi connectivity index (χ4v) is 4.52. The summed E-state index contributed by atoms with van der Waals surface area (Å²) in [5.41, 5.74) is 1.53. The minimum atomic E-state index is -0.938. The van der Waals surface area contributed by atoms with E-state index in [4.69, 9.17) is 4.74 Å². The summed E-state index contributed by atoms with van der Waals surface area (Å²) < 4.78 is 19.0. The van der Waals surface area contributed by atoms with Crippen LogP contribution in [0.3, 0.4) is 0 Å². The zero-order chi connectivity index (χ0) is 23.0. The second-order valence-corrected chi connectivity index (χ2v) is 8.50. The molecular weight excluding hydrogens is 431 g/mol. The maximum Gasteiger partial charge on any atom is 0.301 e. The van der Waals surface area contributed by atoms with E-state index in [-0.39, 0.29) is 11.3 Å². The lowest BCUT2D eigenvalue weighted by Crippen LogP contribution is -2.29. The van der Waals surface area contributed by atoms with Gasteiger partial charge in [-0.2, -0.15) is 0 Å². The summed E-state index contributed by atoms with van der Waals surface area (Å²) in [7, 11) is 0. The van der Waals surface area contributed by atoms with Crippen molar-refractivity contribution < 1.29 is 23.8 Å². The van der Waals surface area contributed by atoms with Crippen molar-refractivity contribution in [3.05, 3.63) is 81.6 Å². The van der Waals surface area contributed by atoms with Crippen LogP contribution in [0.1, 0.15) is 34.7 Å². The van der Waals surface area contributed by atoms with Gasteiger partial charge in [-0.15, -0.1) is 11.3 Å². The first-order chi connectivity index (χ1) is 15.3. The van der Waals surface area contributed by atoms with Gasteiger partial charge in [0.1, 0.15) is 17.3 Å². The number of carbonyl (C=O) groups excluding carboxylic acids is 2. The van der Waals surface area contributed by atoms with E-state index in [9.17, 15) is 19.1 Å². The number of rotatable bonds is 5. The highest BCUT2D eigenvalue weighted by atomic mass is 32.1. The van der Waals surface area contributed by atoms with Gasteiger partial charge in [0.25, 0.3) is 5.78 Å². The third kappa shape index (κ3) is 3.78. The van der Waals surface area contributed by atoms with Gasteiger partial charge < -0.3 is 9.84 Å². The number of amides is 1. The number of ether oxygens (including phenoxy) is 1. The molecule has 1 fully saturated rings. The van der Waals surface area contributed by atoms with Crippen molar-refractivity contribution in [1.82, 2.24) is 4.98 Å². The molecule has 0 radical (unpaired) electrons. The fourth-order valence-electron chi connectivity index (χ4n) is 3.58. The van der Waals surface area contributed by atoms with Crippen LogP contribution in [0.4, 0.5) is 9.52 Å². The van der Waals surface area contributed by atoms with Crippen LogP contribution in [0.5, 0.6) is 5.75 Å². The Labute approximate surface area is 188 Å². The molecule has 8 heteroatoms. The Morgan fingerprint density at radius 1 is 1.12 bits per heavy atom. The minimum Gasteiger partial charge on any atom is -0.507 e. The summed E-state index contributed by atoms with van der Waals surface area (Å²) in [5, 5.41) is 11.4. The Morgan fingerprint density at radius 3 is 2.34 bits per heavy atom. The lowest BCUT2D eigenvalue weighted by atomic mass is 9.95. The number of aliphatic hydroxyl groups excluding tert-OH is 1. The van der Waals surface area contributed by atoms with Gasteiger partial charge in [0.15, 0.2) is 5.13 Å². The van der Waals surface area contributed by atoms with Gasteiger partial charge in [-0.1, -0.05) is 12.1 Å². The molecule has 6 nitrogen and oxygen atoms in total. The zero-order valence-electron chi connectivity index (χ0n) is 17.8. The van der Waals surface area contributed by atoms with Crippen molar-refractivity contribution >= 4 is 33.9 Å². The predicted octanol–water partition coefficient (Wildman–Crippen LogP) is 4.92. The quantitative estimate of drug-likeness (QED) is 0.338. The lowest BCUT2D eigenvalue weighted by Gasteiger charge is -2.23. The molecule has 0 bridgehead atoms. The van der Waals surface area contributed by atoms with Crippen LogP contribution in [0.25, 0.3) is 5.76 Å². The fraction of sp³-hybridized carbons (Fsp3) is 0.208. The first-order valence-electron chi connectivity index (χ1n) is 10.1. The van der Waals surface area contributed by atoms with Gasteiger partial charge in [-0.3, -0.25) is 14.5 Å². The number of aromatic nitrogens is 1. The molecule has 1 aromatic heterocycles. The summed E-state index contributed by atoms with van der Waals surface area (Å²) in [6.45, 7) is 6.05.